The highest BCUT2D eigenvalue weighted by atomic mass is 15.1. The van der Waals surface area contributed by atoms with Gasteiger partial charge in [0.2, 0.25) is 0 Å². The van der Waals surface area contributed by atoms with Gasteiger partial charge in [-0.05, 0) is 50.6 Å². The predicted octanol–water partition coefficient (Wildman–Crippen LogP) is 1.51. The first kappa shape index (κ1) is 11.6. The van der Waals surface area contributed by atoms with E-state index in [1.165, 1.54) is 18.4 Å². The molecule has 1 aliphatic carbocycles. The second-order valence-electron chi connectivity index (χ2n) is 4.85. The molecule has 0 unspecified atom stereocenters. The molecule has 1 saturated carbocycles. The van der Waals surface area contributed by atoms with Crippen LogP contribution >= 0.6 is 0 Å². The van der Waals surface area contributed by atoms with Crippen LogP contribution in [0.3, 0.4) is 0 Å². The van der Waals surface area contributed by atoms with Crippen LogP contribution in [0.2, 0.25) is 0 Å². The Morgan fingerprint density at radius 1 is 1.38 bits per heavy atom. The third kappa shape index (κ3) is 3.29. The average molecular weight is 219 g/mol. The van der Waals surface area contributed by atoms with Crippen molar-refractivity contribution in [1.82, 2.24) is 15.2 Å². The Balaban J connectivity index is 1.74. The van der Waals surface area contributed by atoms with Gasteiger partial charge in [0.1, 0.15) is 0 Å². The molecule has 0 bridgehead atoms. The first-order chi connectivity index (χ1) is 7.77. The highest BCUT2D eigenvalue weighted by Gasteiger charge is 2.31. The third-order valence-corrected chi connectivity index (χ3v) is 3.26. The Morgan fingerprint density at radius 3 is 2.62 bits per heavy atom. The highest BCUT2D eigenvalue weighted by molar-refractivity contribution is 5.09. The lowest BCUT2D eigenvalue weighted by Gasteiger charge is -2.24. The minimum absolute atomic E-state index is 0.696. The first-order valence-corrected chi connectivity index (χ1v) is 6.03. The molecule has 0 saturated heterocycles. The van der Waals surface area contributed by atoms with Crippen LogP contribution in [0.5, 0.6) is 0 Å². The standard InChI is InChI=1S/C13H21N3/c1-16(2)13(12-3-4-12)10-15-9-11-5-7-14-8-6-11/h5-8,12-13,15H,3-4,9-10H2,1-2H3/t13-/m1/s1. The molecule has 16 heavy (non-hydrogen) atoms. The topological polar surface area (TPSA) is 28.2 Å². The minimum Gasteiger partial charge on any atom is -0.311 e. The zero-order valence-corrected chi connectivity index (χ0v) is 10.2. The molecule has 0 aliphatic heterocycles. The predicted molar refractivity (Wildman–Crippen MR) is 66.1 cm³/mol. The van der Waals surface area contributed by atoms with E-state index in [0.717, 1.165) is 19.0 Å². The third-order valence-electron chi connectivity index (χ3n) is 3.26. The zero-order chi connectivity index (χ0) is 11.4. The summed E-state index contributed by atoms with van der Waals surface area (Å²) in [6.45, 7) is 2.03. The van der Waals surface area contributed by atoms with Crippen molar-refractivity contribution < 1.29 is 0 Å². The molecule has 0 aromatic carbocycles. The molecule has 88 valence electrons. The summed E-state index contributed by atoms with van der Waals surface area (Å²) in [5, 5.41) is 3.54. The monoisotopic (exact) mass is 219 g/mol. The van der Waals surface area contributed by atoms with E-state index in [2.05, 4.69) is 41.4 Å². The van der Waals surface area contributed by atoms with Crippen molar-refractivity contribution in [2.45, 2.75) is 25.4 Å². The van der Waals surface area contributed by atoms with Crippen molar-refractivity contribution in [2.24, 2.45) is 5.92 Å². The number of pyridine rings is 1. The van der Waals surface area contributed by atoms with Crippen LogP contribution in [-0.4, -0.2) is 36.6 Å². The second-order valence-corrected chi connectivity index (χ2v) is 4.85. The molecule has 0 amide bonds. The van der Waals surface area contributed by atoms with Crippen molar-refractivity contribution in [1.29, 1.82) is 0 Å². The molecule has 2 rings (SSSR count). The lowest BCUT2D eigenvalue weighted by atomic mass is 10.1. The van der Waals surface area contributed by atoms with Gasteiger partial charge in [-0.2, -0.15) is 0 Å². The quantitative estimate of drug-likeness (QED) is 0.786. The van der Waals surface area contributed by atoms with Crippen LogP contribution in [-0.2, 0) is 6.54 Å². The lowest BCUT2D eigenvalue weighted by molar-refractivity contribution is 0.255. The van der Waals surface area contributed by atoms with Crippen LogP contribution in [0.4, 0.5) is 0 Å². The fourth-order valence-electron chi connectivity index (χ4n) is 2.12. The summed E-state index contributed by atoms with van der Waals surface area (Å²) < 4.78 is 0. The molecule has 0 radical (unpaired) electrons. The van der Waals surface area contributed by atoms with E-state index in [9.17, 15) is 0 Å². The Kier molecular flexibility index (Phi) is 3.91. The van der Waals surface area contributed by atoms with E-state index < -0.39 is 0 Å². The maximum atomic E-state index is 4.02. The number of aromatic nitrogens is 1. The van der Waals surface area contributed by atoms with Crippen LogP contribution in [0.1, 0.15) is 18.4 Å². The van der Waals surface area contributed by atoms with Crippen LogP contribution < -0.4 is 5.32 Å². The van der Waals surface area contributed by atoms with Crippen LogP contribution in [0, 0.1) is 5.92 Å². The Labute approximate surface area is 97.9 Å². The van der Waals surface area contributed by atoms with Crippen molar-refractivity contribution in [3.8, 4) is 0 Å². The molecule has 3 heteroatoms. The Bertz CT molecular complexity index is 304. The van der Waals surface area contributed by atoms with Crippen molar-refractivity contribution in [2.75, 3.05) is 20.6 Å². The molecule has 1 heterocycles. The van der Waals surface area contributed by atoms with E-state index in [0.29, 0.717) is 6.04 Å². The molecule has 1 aromatic heterocycles. The maximum Gasteiger partial charge on any atom is 0.0271 e. The minimum atomic E-state index is 0.696. The lowest BCUT2D eigenvalue weighted by Crippen LogP contribution is -2.39. The van der Waals surface area contributed by atoms with Gasteiger partial charge in [-0.25, -0.2) is 0 Å². The summed E-state index contributed by atoms with van der Waals surface area (Å²) in [4.78, 5) is 6.36. The molecular formula is C13H21N3. The maximum absolute atomic E-state index is 4.02. The average Bonchev–Trinajstić information content (AvgIpc) is 3.09. The highest BCUT2D eigenvalue weighted by Crippen LogP contribution is 2.34. The van der Waals surface area contributed by atoms with Gasteiger partial charge in [-0.3, -0.25) is 4.98 Å². The van der Waals surface area contributed by atoms with Gasteiger partial charge in [0.15, 0.2) is 0 Å². The first-order valence-electron chi connectivity index (χ1n) is 6.03. The molecule has 1 aliphatic rings. The molecule has 1 fully saturated rings. The number of rotatable bonds is 6. The van der Waals surface area contributed by atoms with E-state index >= 15 is 0 Å². The molecule has 1 N–H and O–H groups in total. The summed E-state index contributed by atoms with van der Waals surface area (Å²) in [7, 11) is 4.36. The molecular weight excluding hydrogens is 198 g/mol. The van der Waals surface area contributed by atoms with E-state index in [-0.39, 0.29) is 0 Å². The number of hydrogen-bond donors (Lipinski definition) is 1. The summed E-state index contributed by atoms with van der Waals surface area (Å²) >= 11 is 0. The van der Waals surface area contributed by atoms with Crippen molar-refractivity contribution in [3.05, 3.63) is 30.1 Å². The van der Waals surface area contributed by atoms with Gasteiger partial charge in [-0.15, -0.1) is 0 Å². The number of hydrogen-bond acceptors (Lipinski definition) is 3. The molecule has 1 aromatic rings. The molecule has 1 atom stereocenters. The van der Waals surface area contributed by atoms with Crippen molar-refractivity contribution in [3.63, 3.8) is 0 Å². The zero-order valence-electron chi connectivity index (χ0n) is 10.2. The smallest absolute Gasteiger partial charge is 0.0271 e. The molecule has 0 spiro atoms. The van der Waals surface area contributed by atoms with E-state index in [1.807, 2.05) is 12.4 Å². The summed E-state index contributed by atoms with van der Waals surface area (Å²) in [5.41, 5.74) is 1.31. The summed E-state index contributed by atoms with van der Waals surface area (Å²) in [5.74, 6) is 0.917. The van der Waals surface area contributed by atoms with Gasteiger partial charge in [0, 0.05) is 31.5 Å². The Morgan fingerprint density at radius 2 is 2.06 bits per heavy atom. The fraction of sp³-hybridized carbons (Fsp3) is 0.615. The summed E-state index contributed by atoms with van der Waals surface area (Å²) in [6.07, 6.45) is 6.50. The number of nitrogens with one attached hydrogen (secondary N) is 1. The fourth-order valence-corrected chi connectivity index (χ4v) is 2.12. The van der Waals surface area contributed by atoms with Crippen LogP contribution in [0.15, 0.2) is 24.5 Å². The Hall–Kier alpha value is -0.930. The number of likely N-dealkylation sites (N-methyl/N-ethyl adjacent to an activating group) is 1. The molecule has 3 nitrogen and oxygen atoms in total. The van der Waals surface area contributed by atoms with Gasteiger partial charge >= 0.3 is 0 Å². The van der Waals surface area contributed by atoms with Crippen molar-refractivity contribution >= 4 is 0 Å². The van der Waals surface area contributed by atoms with Gasteiger partial charge in [0.25, 0.3) is 0 Å². The van der Waals surface area contributed by atoms with Gasteiger partial charge in [0.05, 0.1) is 0 Å². The largest absolute Gasteiger partial charge is 0.311 e. The van der Waals surface area contributed by atoms with Gasteiger partial charge < -0.3 is 10.2 Å². The van der Waals surface area contributed by atoms with E-state index in [1.54, 1.807) is 0 Å². The number of nitrogens with zero attached hydrogens (tertiary/aromatic N) is 2. The normalized spacial score (nSPS) is 17.7. The summed E-state index contributed by atoms with van der Waals surface area (Å²) in [6, 6.07) is 4.82. The second kappa shape index (κ2) is 5.41. The van der Waals surface area contributed by atoms with Crippen LogP contribution in [0.25, 0.3) is 0 Å². The SMILES string of the molecule is CN(C)[C@H](CNCc1ccncc1)C1CC1. The van der Waals surface area contributed by atoms with E-state index in [4.69, 9.17) is 0 Å². The van der Waals surface area contributed by atoms with Gasteiger partial charge in [-0.1, -0.05) is 0 Å².